The predicted molar refractivity (Wildman–Crippen MR) is 62.7 cm³/mol. The van der Waals surface area contributed by atoms with Gasteiger partial charge in [0.25, 0.3) is 0 Å². The zero-order chi connectivity index (χ0) is 12.5. The van der Waals surface area contributed by atoms with Crippen molar-refractivity contribution in [2.75, 3.05) is 7.11 Å². The molecule has 0 amide bonds. The van der Waals surface area contributed by atoms with Crippen molar-refractivity contribution in [3.05, 3.63) is 29.2 Å². The highest BCUT2D eigenvalue weighted by atomic mass is 16.5. The van der Waals surface area contributed by atoms with Crippen molar-refractivity contribution in [3.8, 4) is 17.1 Å². The Balaban J connectivity index is 2.17. The van der Waals surface area contributed by atoms with Crippen molar-refractivity contribution in [2.45, 2.75) is 19.8 Å². The summed E-state index contributed by atoms with van der Waals surface area (Å²) in [6.45, 7) is 1.36. The Labute approximate surface area is 104 Å². The lowest BCUT2D eigenvalue weighted by molar-refractivity contribution is 0.134. The molecule has 0 aliphatic carbocycles. The summed E-state index contributed by atoms with van der Waals surface area (Å²) < 4.78 is 15.8. The molecule has 6 heteroatoms. The largest absolute Gasteiger partial charge is 0.496 e. The molecule has 0 saturated heterocycles. The third kappa shape index (κ3) is 1.66. The third-order valence-corrected chi connectivity index (χ3v) is 2.96. The van der Waals surface area contributed by atoms with E-state index < -0.39 is 0 Å². The fourth-order valence-electron chi connectivity index (χ4n) is 2.09. The SMILES string of the molecule is COc1ccc2c(c1-c1noc(CN)n1)COC2. The van der Waals surface area contributed by atoms with E-state index in [4.69, 9.17) is 19.7 Å². The summed E-state index contributed by atoms with van der Waals surface area (Å²) in [5.41, 5.74) is 8.49. The molecule has 0 radical (unpaired) electrons. The van der Waals surface area contributed by atoms with Crippen molar-refractivity contribution in [3.63, 3.8) is 0 Å². The summed E-state index contributed by atoms with van der Waals surface area (Å²) in [4.78, 5) is 4.25. The average Bonchev–Trinajstić information content (AvgIpc) is 3.05. The Morgan fingerprint density at radius 2 is 2.28 bits per heavy atom. The van der Waals surface area contributed by atoms with Crippen molar-refractivity contribution in [1.29, 1.82) is 0 Å². The van der Waals surface area contributed by atoms with Gasteiger partial charge < -0.3 is 19.7 Å². The van der Waals surface area contributed by atoms with Gasteiger partial charge in [0.15, 0.2) is 0 Å². The molecule has 1 aromatic heterocycles. The maximum atomic E-state index is 5.47. The maximum Gasteiger partial charge on any atom is 0.240 e. The molecule has 0 atom stereocenters. The number of nitrogens with two attached hydrogens (primary N) is 1. The molecule has 1 aromatic carbocycles. The van der Waals surface area contributed by atoms with Crippen LogP contribution in [0.3, 0.4) is 0 Å². The van der Waals surface area contributed by atoms with E-state index in [1.807, 2.05) is 12.1 Å². The number of rotatable bonds is 3. The van der Waals surface area contributed by atoms with E-state index in [0.717, 1.165) is 16.7 Å². The molecule has 0 saturated carbocycles. The van der Waals surface area contributed by atoms with Gasteiger partial charge in [0.2, 0.25) is 11.7 Å². The van der Waals surface area contributed by atoms with Crippen LogP contribution in [0.1, 0.15) is 17.0 Å². The predicted octanol–water partition coefficient (Wildman–Crippen LogP) is 1.23. The molecule has 2 heterocycles. The van der Waals surface area contributed by atoms with Gasteiger partial charge in [-0.15, -0.1) is 0 Å². The standard InChI is InChI=1S/C12H13N3O3/c1-16-9-3-2-7-5-17-6-8(7)11(9)12-14-10(4-13)18-15-12/h2-3H,4-6,13H2,1H3. The molecule has 1 aliphatic rings. The quantitative estimate of drug-likeness (QED) is 0.878. The molecule has 18 heavy (non-hydrogen) atoms. The molecule has 0 fully saturated rings. The van der Waals surface area contributed by atoms with Crippen LogP contribution in [0.4, 0.5) is 0 Å². The van der Waals surface area contributed by atoms with E-state index in [1.54, 1.807) is 7.11 Å². The fourth-order valence-corrected chi connectivity index (χ4v) is 2.09. The van der Waals surface area contributed by atoms with E-state index in [9.17, 15) is 0 Å². The first-order valence-corrected chi connectivity index (χ1v) is 5.63. The summed E-state index contributed by atoms with van der Waals surface area (Å²) in [5, 5.41) is 3.94. The molecule has 0 spiro atoms. The first-order valence-electron chi connectivity index (χ1n) is 5.63. The number of methoxy groups -OCH3 is 1. The van der Waals surface area contributed by atoms with Crippen molar-refractivity contribution in [1.82, 2.24) is 10.1 Å². The maximum absolute atomic E-state index is 5.47. The van der Waals surface area contributed by atoms with Gasteiger partial charge in [-0.25, -0.2) is 0 Å². The molecule has 2 N–H and O–H groups in total. The number of benzene rings is 1. The van der Waals surface area contributed by atoms with Crippen LogP contribution in [0.2, 0.25) is 0 Å². The van der Waals surface area contributed by atoms with Gasteiger partial charge in [-0.2, -0.15) is 4.98 Å². The highest BCUT2D eigenvalue weighted by molar-refractivity contribution is 5.70. The minimum absolute atomic E-state index is 0.223. The summed E-state index contributed by atoms with van der Waals surface area (Å²) in [7, 11) is 1.62. The molecule has 1 aliphatic heterocycles. The highest BCUT2D eigenvalue weighted by Gasteiger charge is 2.23. The normalized spacial score (nSPS) is 13.7. The van der Waals surface area contributed by atoms with E-state index in [0.29, 0.717) is 30.7 Å². The smallest absolute Gasteiger partial charge is 0.240 e. The van der Waals surface area contributed by atoms with E-state index in [2.05, 4.69) is 10.1 Å². The van der Waals surface area contributed by atoms with Crippen LogP contribution in [-0.4, -0.2) is 17.3 Å². The second-order valence-corrected chi connectivity index (χ2v) is 3.99. The first-order chi connectivity index (χ1) is 8.83. The molecular weight excluding hydrogens is 234 g/mol. The minimum Gasteiger partial charge on any atom is -0.496 e. The number of fused-ring (bicyclic) bond motifs is 1. The Morgan fingerprint density at radius 1 is 1.39 bits per heavy atom. The topological polar surface area (TPSA) is 83.4 Å². The Morgan fingerprint density at radius 3 is 3.00 bits per heavy atom. The zero-order valence-corrected chi connectivity index (χ0v) is 9.97. The monoisotopic (exact) mass is 247 g/mol. The van der Waals surface area contributed by atoms with Gasteiger partial charge >= 0.3 is 0 Å². The van der Waals surface area contributed by atoms with Crippen LogP contribution in [0, 0.1) is 0 Å². The molecule has 94 valence electrons. The van der Waals surface area contributed by atoms with Gasteiger partial charge in [-0.3, -0.25) is 0 Å². The first kappa shape index (κ1) is 11.2. The van der Waals surface area contributed by atoms with Crippen LogP contribution >= 0.6 is 0 Å². The van der Waals surface area contributed by atoms with Gasteiger partial charge in [-0.05, 0) is 17.2 Å². The van der Waals surface area contributed by atoms with Crippen LogP contribution in [0.25, 0.3) is 11.4 Å². The zero-order valence-electron chi connectivity index (χ0n) is 9.97. The lowest BCUT2D eigenvalue weighted by atomic mass is 10.0. The Hall–Kier alpha value is -1.92. The van der Waals surface area contributed by atoms with Crippen LogP contribution in [-0.2, 0) is 24.5 Å². The summed E-state index contributed by atoms with van der Waals surface area (Å²) in [6.07, 6.45) is 0. The summed E-state index contributed by atoms with van der Waals surface area (Å²) in [5.74, 6) is 1.61. The summed E-state index contributed by atoms with van der Waals surface area (Å²) in [6, 6.07) is 3.88. The second kappa shape index (κ2) is 4.40. The summed E-state index contributed by atoms with van der Waals surface area (Å²) >= 11 is 0. The van der Waals surface area contributed by atoms with E-state index >= 15 is 0 Å². The Kier molecular flexibility index (Phi) is 2.73. The molecule has 3 rings (SSSR count). The lowest BCUT2D eigenvalue weighted by Crippen LogP contribution is -1.98. The molecule has 0 bridgehead atoms. The Bertz CT molecular complexity index is 580. The number of hydrogen-bond acceptors (Lipinski definition) is 6. The average molecular weight is 247 g/mol. The van der Waals surface area contributed by atoms with Crippen molar-refractivity contribution < 1.29 is 14.0 Å². The van der Waals surface area contributed by atoms with E-state index in [-0.39, 0.29) is 6.54 Å². The highest BCUT2D eigenvalue weighted by Crippen LogP contribution is 2.37. The van der Waals surface area contributed by atoms with Gasteiger partial charge in [0.1, 0.15) is 5.75 Å². The van der Waals surface area contributed by atoms with Crippen LogP contribution < -0.4 is 10.5 Å². The van der Waals surface area contributed by atoms with E-state index in [1.165, 1.54) is 0 Å². The minimum atomic E-state index is 0.223. The van der Waals surface area contributed by atoms with Crippen molar-refractivity contribution in [2.24, 2.45) is 5.73 Å². The molecule has 6 nitrogen and oxygen atoms in total. The molecule has 0 unspecified atom stereocenters. The number of ether oxygens (including phenoxy) is 2. The van der Waals surface area contributed by atoms with Crippen molar-refractivity contribution >= 4 is 0 Å². The third-order valence-electron chi connectivity index (χ3n) is 2.96. The number of nitrogens with zero attached hydrogens (tertiary/aromatic N) is 2. The second-order valence-electron chi connectivity index (χ2n) is 3.99. The molecule has 2 aromatic rings. The molecular formula is C12H13N3O3. The van der Waals surface area contributed by atoms with Gasteiger partial charge in [0.05, 0.1) is 32.4 Å². The van der Waals surface area contributed by atoms with Crippen LogP contribution in [0.5, 0.6) is 5.75 Å². The number of aromatic nitrogens is 2. The van der Waals surface area contributed by atoms with Gasteiger partial charge in [-0.1, -0.05) is 11.2 Å². The van der Waals surface area contributed by atoms with Crippen LogP contribution in [0.15, 0.2) is 16.7 Å². The lowest BCUT2D eigenvalue weighted by Gasteiger charge is -2.09. The number of hydrogen-bond donors (Lipinski definition) is 1. The van der Waals surface area contributed by atoms with Gasteiger partial charge in [0, 0.05) is 0 Å². The fraction of sp³-hybridized carbons (Fsp3) is 0.333.